The van der Waals surface area contributed by atoms with Crippen LogP contribution in [0.25, 0.3) is 0 Å². The third kappa shape index (κ3) is 6.06. The first kappa shape index (κ1) is 16.5. The number of carboxylic acid groups (broad SMARTS) is 1. The number of carboxylic acids is 1. The van der Waals surface area contributed by atoms with Crippen molar-refractivity contribution in [1.82, 2.24) is 4.90 Å². The lowest BCUT2D eigenvalue weighted by molar-refractivity contribution is -0.137. The maximum Gasteiger partial charge on any atom is 0.303 e. The van der Waals surface area contributed by atoms with E-state index in [4.69, 9.17) is 9.84 Å². The molecule has 0 aliphatic carbocycles. The molecule has 1 unspecified atom stereocenters. The second kappa shape index (κ2) is 8.59. The summed E-state index contributed by atoms with van der Waals surface area (Å²) in [5.74, 6) is 0.164. The highest BCUT2D eigenvalue weighted by Crippen LogP contribution is 2.14. The number of carbonyl (C=O) groups is 1. The molecule has 1 rings (SSSR count). The normalized spacial score (nSPS) is 12.4. The predicted molar refractivity (Wildman–Crippen MR) is 80.3 cm³/mol. The molecule has 0 spiro atoms. The van der Waals surface area contributed by atoms with E-state index in [2.05, 4.69) is 31.0 Å². The molecule has 1 N–H and O–H groups in total. The molecule has 0 aliphatic rings. The van der Waals surface area contributed by atoms with Crippen LogP contribution in [0.15, 0.2) is 24.3 Å². The highest BCUT2D eigenvalue weighted by Gasteiger charge is 2.09. The van der Waals surface area contributed by atoms with Crippen LogP contribution < -0.4 is 4.74 Å². The molecule has 0 amide bonds. The van der Waals surface area contributed by atoms with Gasteiger partial charge in [0.15, 0.2) is 0 Å². The summed E-state index contributed by atoms with van der Waals surface area (Å²) in [4.78, 5) is 12.7. The van der Waals surface area contributed by atoms with Crippen molar-refractivity contribution in [2.45, 2.75) is 38.6 Å². The molecule has 0 aromatic heterocycles. The van der Waals surface area contributed by atoms with Crippen LogP contribution in [0.3, 0.4) is 0 Å². The molecule has 0 radical (unpaired) electrons. The monoisotopic (exact) mass is 279 g/mol. The standard InChI is InChI=1S/C16H25NO3/c1-13(17(2)12-4-5-16(18)19)6-7-14-8-10-15(20-3)11-9-14/h8-11,13H,4-7,12H2,1-3H3,(H,18,19). The number of aryl methyl sites for hydroxylation is 1. The lowest BCUT2D eigenvalue weighted by atomic mass is 10.1. The number of hydrogen-bond donors (Lipinski definition) is 1. The van der Waals surface area contributed by atoms with E-state index >= 15 is 0 Å². The van der Waals surface area contributed by atoms with Crippen LogP contribution in [0.5, 0.6) is 5.75 Å². The van der Waals surface area contributed by atoms with Crippen molar-refractivity contribution in [2.75, 3.05) is 20.7 Å². The zero-order chi connectivity index (χ0) is 15.0. The quantitative estimate of drug-likeness (QED) is 0.755. The van der Waals surface area contributed by atoms with Crippen molar-refractivity contribution >= 4 is 5.97 Å². The lowest BCUT2D eigenvalue weighted by Crippen LogP contribution is -2.30. The Labute approximate surface area is 121 Å². The fourth-order valence-corrected chi connectivity index (χ4v) is 2.09. The third-order valence-electron chi connectivity index (χ3n) is 3.66. The number of aliphatic carboxylic acids is 1. The third-order valence-corrected chi connectivity index (χ3v) is 3.66. The number of benzene rings is 1. The molecule has 0 saturated carbocycles. The topological polar surface area (TPSA) is 49.8 Å². The Morgan fingerprint density at radius 1 is 1.35 bits per heavy atom. The molecule has 1 aromatic carbocycles. The minimum absolute atomic E-state index is 0.246. The van der Waals surface area contributed by atoms with Gasteiger partial charge in [-0.2, -0.15) is 0 Å². The molecule has 4 heteroatoms. The number of hydrogen-bond acceptors (Lipinski definition) is 3. The summed E-state index contributed by atoms with van der Waals surface area (Å²) in [6.07, 6.45) is 3.04. The number of rotatable bonds is 9. The van der Waals surface area contributed by atoms with Crippen molar-refractivity contribution in [3.8, 4) is 5.75 Å². The van der Waals surface area contributed by atoms with Gasteiger partial charge in [0.05, 0.1) is 7.11 Å². The molecule has 0 heterocycles. The highest BCUT2D eigenvalue weighted by molar-refractivity contribution is 5.66. The van der Waals surface area contributed by atoms with E-state index < -0.39 is 5.97 Å². The average Bonchev–Trinajstić information content (AvgIpc) is 2.44. The zero-order valence-corrected chi connectivity index (χ0v) is 12.6. The molecule has 112 valence electrons. The maximum absolute atomic E-state index is 10.5. The Balaban J connectivity index is 2.30. The number of nitrogens with zero attached hydrogens (tertiary/aromatic N) is 1. The molecule has 0 saturated heterocycles. The first-order valence-corrected chi connectivity index (χ1v) is 7.08. The first-order valence-electron chi connectivity index (χ1n) is 7.08. The fraction of sp³-hybridized carbons (Fsp3) is 0.562. The van der Waals surface area contributed by atoms with Gasteiger partial charge >= 0.3 is 5.97 Å². The van der Waals surface area contributed by atoms with Crippen LogP contribution in [0, 0.1) is 0 Å². The van der Waals surface area contributed by atoms with Crippen LogP contribution >= 0.6 is 0 Å². The van der Waals surface area contributed by atoms with Gasteiger partial charge in [-0.15, -0.1) is 0 Å². The number of ether oxygens (including phenoxy) is 1. The van der Waals surface area contributed by atoms with Crippen LogP contribution in [-0.2, 0) is 11.2 Å². The van der Waals surface area contributed by atoms with E-state index in [9.17, 15) is 4.79 Å². The van der Waals surface area contributed by atoms with Crippen molar-refractivity contribution < 1.29 is 14.6 Å². The molecular formula is C16H25NO3. The van der Waals surface area contributed by atoms with E-state index in [1.54, 1.807) is 7.11 Å². The Hall–Kier alpha value is -1.55. The summed E-state index contributed by atoms with van der Waals surface area (Å²) < 4.78 is 5.14. The molecule has 1 aromatic rings. The molecule has 0 aliphatic heterocycles. The predicted octanol–water partition coefficient (Wildman–Crippen LogP) is 2.81. The van der Waals surface area contributed by atoms with E-state index in [1.807, 2.05) is 12.1 Å². The minimum atomic E-state index is -0.718. The molecular weight excluding hydrogens is 254 g/mol. The molecule has 0 fully saturated rings. The van der Waals surface area contributed by atoms with Gasteiger partial charge < -0.3 is 14.7 Å². The second-order valence-corrected chi connectivity index (χ2v) is 5.21. The summed E-state index contributed by atoms with van der Waals surface area (Å²) >= 11 is 0. The van der Waals surface area contributed by atoms with Crippen LogP contribution in [0.4, 0.5) is 0 Å². The Morgan fingerprint density at radius 3 is 2.55 bits per heavy atom. The molecule has 1 atom stereocenters. The summed E-state index contributed by atoms with van der Waals surface area (Å²) in [6, 6.07) is 8.60. The van der Waals surface area contributed by atoms with Gasteiger partial charge in [-0.3, -0.25) is 4.79 Å². The van der Waals surface area contributed by atoms with Crippen molar-refractivity contribution in [3.05, 3.63) is 29.8 Å². The average molecular weight is 279 g/mol. The van der Waals surface area contributed by atoms with E-state index in [0.717, 1.165) is 25.1 Å². The lowest BCUT2D eigenvalue weighted by Gasteiger charge is -2.24. The van der Waals surface area contributed by atoms with Gasteiger partial charge in [0.25, 0.3) is 0 Å². The van der Waals surface area contributed by atoms with Gasteiger partial charge in [0.2, 0.25) is 0 Å². The highest BCUT2D eigenvalue weighted by atomic mass is 16.5. The van der Waals surface area contributed by atoms with Gasteiger partial charge in [0, 0.05) is 12.5 Å². The molecule has 4 nitrogen and oxygen atoms in total. The summed E-state index contributed by atoms with van der Waals surface area (Å²) in [6.45, 7) is 3.01. The first-order chi connectivity index (χ1) is 9.52. The molecule has 0 bridgehead atoms. The summed E-state index contributed by atoms with van der Waals surface area (Å²) in [5.41, 5.74) is 1.30. The van der Waals surface area contributed by atoms with E-state index in [-0.39, 0.29) is 6.42 Å². The molecule has 20 heavy (non-hydrogen) atoms. The Morgan fingerprint density at radius 2 is 2.00 bits per heavy atom. The van der Waals surface area contributed by atoms with Crippen molar-refractivity contribution in [1.29, 1.82) is 0 Å². The SMILES string of the molecule is COc1ccc(CCC(C)N(C)CCCC(=O)O)cc1. The maximum atomic E-state index is 10.5. The van der Waals surface area contributed by atoms with Crippen molar-refractivity contribution in [3.63, 3.8) is 0 Å². The van der Waals surface area contributed by atoms with Crippen LogP contribution in [0.1, 0.15) is 31.7 Å². The zero-order valence-electron chi connectivity index (χ0n) is 12.6. The summed E-state index contributed by atoms with van der Waals surface area (Å²) in [7, 11) is 3.73. The minimum Gasteiger partial charge on any atom is -0.497 e. The van der Waals surface area contributed by atoms with Gasteiger partial charge in [-0.25, -0.2) is 0 Å². The van der Waals surface area contributed by atoms with Gasteiger partial charge in [0.1, 0.15) is 5.75 Å². The van der Waals surface area contributed by atoms with Gasteiger partial charge in [-0.05, 0) is 57.5 Å². The van der Waals surface area contributed by atoms with Gasteiger partial charge in [-0.1, -0.05) is 12.1 Å². The van der Waals surface area contributed by atoms with Crippen LogP contribution in [-0.4, -0.2) is 42.7 Å². The van der Waals surface area contributed by atoms with E-state index in [1.165, 1.54) is 5.56 Å². The number of methoxy groups -OCH3 is 1. The fourth-order valence-electron chi connectivity index (χ4n) is 2.09. The smallest absolute Gasteiger partial charge is 0.303 e. The summed E-state index contributed by atoms with van der Waals surface area (Å²) in [5, 5.41) is 8.63. The second-order valence-electron chi connectivity index (χ2n) is 5.21. The van der Waals surface area contributed by atoms with Crippen LogP contribution in [0.2, 0.25) is 0 Å². The Bertz CT molecular complexity index is 403. The Kier molecular flexibility index (Phi) is 7.09. The van der Waals surface area contributed by atoms with Crippen molar-refractivity contribution in [2.24, 2.45) is 0 Å². The van der Waals surface area contributed by atoms with E-state index in [0.29, 0.717) is 12.5 Å². The largest absolute Gasteiger partial charge is 0.497 e.